The van der Waals surface area contributed by atoms with Gasteiger partial charge >= 0.3 is 0 Å². The van der Waals surface area contributed by atoms with Crippen LogP contribution in [0.25, 0.3) is 0 Å². The highest BCUT2D eigenvalue weighted by molar-refractivity contribution is 6.36. The van der Waals surface area contributed by atoms with Gasteiger partial charge in [-0.15, -0.1) is 0 Å². The Bertz CT molecular complexity index is 1000. The van der Waals surface area contributed by atoms with Gasteiger partial charge in [0, 0.05) is 34.6 Å². The quantitative estimate of drug-likeness (QED) is 0.365. The number of carbonyl (C=O) groups excluding carboxylic acids is 2. The van der Waals surface area contributed by atoms with E-state index in [1.54, 1.807) is 23.1 Å². The van der Waals surface area contributed by atoms with Crippen molar-refractivity contribution in [1.29, 1.82) is 0 Å². The predicted octanol–water partition coefficient (Wildman–Crippen LogP) is 7.48. The Morgan fingerprint density at radius 1 is 1.00 bits per heavy atom. The maximum absolute atomic E-state index is 13.6. The van der Waals surface area contributed by atoms with Gasteiger partial charge in [0.2, 0.25) is 11.8 Å². The van der Waals surface area contributed by atoms with Crippen LogP contribution in [0, 0.1) is 0 Å². The SMILES string of the molecule is CC[C@H](C(=O)NC1CCCCC1)N(Cc1c(Cl)cccc1Cl)C(=O)CCc1ccc(C(C)(C)C)cc1. The summed E-state index contributed by atoms with van der Waals surface area (Å²) in [6.45, 7) is 8.72. The van der Waals surface area contributed by atoms with E-state index >= 15 is 0 Å². The molecule has 1 aliphatic rings. The first-order valence-corrected chi connectivity index (χ1v) is 14.0. The molecule has 1 atom stereocenters. The number of hydrogen-bond acceptors (Lipinski definition) is 2. The minimum Gasteiger partial charge on any atom is -0.352 e. The van der Waals surface area contributed by atoms with Crippen LogP contribution < -0.4 is 5.32 Å². The molecule has 0 saturated heterocycles. The first kappa shape index (κ1) is 28.5. The molecule has 6 heteroatoms. The fourth-order valence-corrected chi connectivity index (χ4v) is 5.40. The fraction of sp³-hybridized carbons (Fsp3) is 0.533. The van der Waals surface area contributed by atoms with E-state index in [9.17, 15) is 9.59 Å². The number of hydrogen-bond donors (Lipinski definition) is 1. The molecule has 36 heavy (non-hydrogen) atoms. The lowest BCUT2D eigenvalue weighted by atomic mass is 9.86. The summed E-state index contributed by atoms with van der Waals surface area (Å²) in [5.41, 5.74) is 3.12. The Morgan fingerprint density at radius 3 is 2.17 bits per heavy atom. The summed E-state index contributed by atoms with van der Waals surface area (Å²) in [6.07, 6.45) is 6.92. The van der Waals surface area contributed by atoms with Crippen LogP contribution in [0.2, 0.25) is 10.0 Å². The molecule has 4 nitrogen and oxygen atoms in total. The van der Waals surface area contributed by atoms with E-state index in [0.29, 0.717) is 34.9 Å². The molecule has 1 aliphatic carbocycles. The highest BCUT2D eigenvalue weighted by atomic mass is 35.5. The molecule has 0 radical (unpaired) electrons. The zero-order valence-corrected chi connectivity index (χ0v) is 23.6. The van der Waals surface area contributed by atoms with Gasteiger partial charge in [0.25, 0.3) is 0 Å². The summed E-state index contributed by atoms with van der Waals surface area (Å²) >= 11 is 12.9. The number of nitrogens with zero attached hydrogens (tertiary/aromatic N) is 1. The van der Waals surface area contributed by atoms with Crippen molar-refractivity contribution in [3.05, 3.63) is 69.2 Å². The van der Waals surface area contributed by atoms with Crippen LogP contribution in [0.1, 0.15) is 89.3 Å². The molecule has 1 saturated carbocycles. The number of nitrogens with one attached hydrogen (secondary N) is 1. The molecular formula is C30H40Cl2N2O2. The molecule has 196 valence electrons. The average Bonchev–Trinajstić information content (AvgIpc) is 2.84. The Hall–Kier alpha value is -2.04. The van der Waals surface area contributed by atoms with Gasteiger partial charge in [-0.2, -0.15) is 0 Å². The van der Waals surface area contributed by atoms with Gasteiger partial charge in [-0.25, -0.2) is 0 Å². The highest BCUT2D eigenvalue weighted by Crippen LogP contribution is 2.28. The molecule has 0 heterocycles. The van der Waals surface area contributed by atoms with E-state index in [4.69, 9.17) is 23.2 Å². The van der Waals surface area contributed by atoms with Crippen LogP contribution in [0.15, 0.2) is 42.5 Å². The Balaban J connectivity index is 1.79. The van der Waals surface area contributed by atoms with E-state index in [1.165, 1.54) is 12.0 Å². The van der Waals surface area contributed by atoms with Gasteiger partial charge in [-0.1, -0.05) is 100 Å². The molecule has 3 rings (SSSR count). The second-order valence-corrected chi connectivity index (χ2v) is 11.8. The molecular weight excluding hydrogens is 491 g/mol. The molecule has 0 aromatic heterocycles. The standard InChI is InChI=1S/C30H40Cl2N2O2/c1-5-27(29(36)33-23-10-7-6-8-11-23)34(20-24-25(31)12-9-13-26(24)32)28(35)19-16-21-14-17-22(18-15-21)30(2,3)4/h9,12-15,17-18,23,27H,5-8,10-11,16,19-20H2,1-4H3,(H,33,36)/t27-/m1/s1. The van der Waals surface area contributed by atoms with Crippen molar-refractivity contribution in [2.75, 3.05) is 0 Å². The third kappa shape index (κ3) is 7.73. The lowest BCUT2D eigenvalue weighted by Gasteiger charge is -2.33. The van der Waals surface area contributed by atoms with E-state index < -0.39 is 6.04 Å². The van der Waals surface area contributed by atoms with E-state index in [1.807, 2.05) is 6.92 Å². The smallest absolute Gasteiger partial charge is 0.243 e. The second-order valence-electron chi connectivity index (χ2n) is 10.9. The highest BCUT2D eigenvalue weighted by Gasteiger charge is 2.31. The predicted molar refractivity (Wildman–Crippen MR) is 150 cm³/mol. The summed E-state index contributed by atoms with van der Waals surface area (Å²) in [5.74, 6) is -0.160. The van der Waals surface area contributed by atoms with Crippen LogP contribution >= 0.6 is 23.2 Å². The van der Waals surface area contributed by atoms with E-state index in [2.05, 4.69) is 50.4 Å². The lowest BCUT2D eigenvalue weighted by Crippen LogP contribution is -2.51. The zero-order chi connectivity index (χ0) is 26.3. The molecule has 0 unspecified atom stereocenters. The monoisotopic (exact) mass is 530 g/mol. The van der Waals surface area contributed by atoms with Crippen LogP contribution in [0.5, 0.6) is 0 Å². The summed E-state index contributed by atoms with van der Waals surface area (Å²) in [7, 11) is 0. The van der Waals surface area contributed by atoms with Crippen LogP contribution in [0.3, 0.4) is 0 Å². The number of carbonyl (C=O) groups is 2. The summed E-state index contributed by atoms with van der Waals surface area (Å²) in [5, 5.41) is 4.22. The summed E-state index contributed by atoms with van der Waals surface area (Å²) in [6, 6.07) is 13.4. The van der Waals surface area contributed by atoms with Crippen LogP contribution in [-0.2, 0) is 28.0 Å². The molecule has 2 amide bonds. The first-order valence-electron chi connectivity index (χ1n) is 13.2. The number of aryl methyl sites for hydroxylation is 1. The first-order chi connectivity index (χ1) is 17.1. The summed E-state index contributed by atoms with van der Waals surface area (Å²) in [4.78, 5) is 28.7. The van der Waals surface area contributed by atoms with Gasteiger partial charge in [0.15, 0.2) is 0 Å². The summed E-state index contributed by atoms with van der Waals surface area (Å²) < 4.78 is 0. The molecule has 0 spiro atoms. The van der Waals surface area contributed by atoms with Crippen molar-refractivity contribution < 1.29 is 9.59 Å². The lowest BCUT2D eigenvalue weighted by molar-refractivity contribution is -0.141. The van der Waals surface area contributed by atoms with Crippen LogP contribution in [-0.4, -0.2) is 28.8 Å². The third-order valence-corrected chi connectivity index (χ3v) is 7.88. The van der Waals surface area contributed by atoms with E-state index in [0.717, 1.165) is 31.2 Å². The van der Waals surface area contributed by atoms with Crippen molar-refractivity contribution in [1.82, 2.24) is 10.2 Å². The Labute approximate surface area is 226 Å². The normalized spacial score (nSPS) is 15.4. The van der Waals surface area contributed by atoms with Crippen molar-refractivity contribution in [3.63, 3.8) is 0 Å². The number of benzene rings is 2. The molecule has 0 aliphatic heterocycles. The number of amides is 2. The van der Waals surface area contributed by atoms with Crippen molar-refractivity contribution >= 4 is 35.0 Å². The Kier molecular flexibility index (Phi) is 10.3. The van der Waals surface area contributed by atoms with Crippen LogP contribution in [0.4, 0.5) is 0 Å². The molecule has 0 bridgehead atoms. The topological polar surface area (TPSA) is 49.4 Å². The van der Waals surface area contributed by atoms with Crippen molar-refractivity contribution in [2.45, 2.75) is 103 Å². The zero-order valence-electron chi connectivity index (χ0n) is 22.1. The Morgan fingerprint density at radius 2 is 1.61 bits per heavy atom. The number of halogens is 2. The van der Waals surface area contributed by atoms with Gasteiger partial charge < -0.3 is 10.2 Å². The van der Waals surface area contributed by atoms with Gasteiger partial charge in [-0.3, -0.25) is 9.59 Å². The largest absolute Gasteiger partial charge is 0.352 e. The van der Waals surface area contributed by atoms with Gasteiger partial charge in [0.05, 0.1) is 0 Å². The van der Waals surface area contributed by atoms with E-state index in [-0.39, 0.29) is 29.8 Å². The minimum atomic E-state index is -0.574. The minimum absolute atomic E-state index is 0.0727. The van der Waals surface area contributed by atoms with Crippen molar-refractivity contribution in [3.8, 4) is 0 Å². The fourth-order valence-electron chi connectivity index (χ4n) is 4.88. The van der Waals surface area contributed by atoms with Gasteiger partial charge in [0.1, 0.15) is 6.04 Å². The molecule has 1 fully saturated rings. The van der Waals surface area contributed by atoms with Crippen molar-refractivity contribution in [2.24, 2.45) is 0 Å². The molecule has 1 N–H and O–H groups in total. The molecule has 2 aromatic rings. The number of rotatable bonds is 9. The maximum Gasteiger partial charge on any atom is 0.243 e. The average molecular weight is 532 g/mol. The second kappa shape index (κ2) is 13.0. The maximum atomic E-state index is 13.6. The molecule has 2 aromatic carbocycles. The van der Waals surface area contributed by atoms with Gasteiger partial charge in [-0.05, 0) is 54.4 Å². The third-order valence-electron chi connectivity index (χ3n) is 7.18.